The molecule has 5 heteroatoms. The first-order chi connectivity index (χ1) is 8.31. The summed E-state index contributed by atoms with van der Waals surface area (Å²) in [6.07, 6.45) is 0.0221. The summed E-state index contributed by atoms with van der Waals surface area (Å²) < 4.78 is 0. The maximum Gasteiger partial charge on any atom is 0.320 e. The van der Waals surface area contributed by atoms with E-state index in [0.717, 1.165) is 11.1 Å². The fourth-order valence-electron chi connectivity index (χ4n) is 2.00. The van der Waals surface area contributed by atoms with Crippen molar-refractivity contribution in [3.63, 3.8) is 0 Å². The first-order valence-corrected chi connectivity index (χ1v) is 5.60. The fraction of sp³-hybridized carbons (Fsp3) is 0.385. The minimum atomic E-state index is -1.09. The van der Waals surface area contributed by atoms with Gasteiger partial charge in [-0.1, -0.05) is 17.7 Å². The number of aryl methyl sites for hydroxylation is 2. The van der Waals surface area contributed by atoms with Crippen molar-refractivity contribution in [1.29, 1.82) is 0 Å². The molecule has 0 amide bonds. The molecule has 4 N–H and O–H groups in total. The smallest absolute Gasteiger partial charge is 0.320 e. The number of carboxylic acids is 2. The summed E-state index contributed by atoms with van der Waals surface area (Å²) in [5, 5.41) is 17.7. The maximum atomic E-state index is 10.8. The third-order valence-corrected chi connectivity index (χ3v) is 2.79. The normalized spacial score (nSPS) is 12.2. The molecule has 0 bridgehead atoms. The lowest BCUT2D eigenvalue weighted by atomic mass is 9.92. The molecule has 0 fully saturated rings. The highest BCUT2D eigenvalue weighted by molar-refractivity contribution is 5.74. The SMILES string of the molecule is Cc1cc(C)c(CC(=O)O)c(CC(N)C(=O)O)c1. The molecule has 1 unspecified atom stereocenters. The second-order valence-corrected chi connectivity index (χ2v) is 4.44. The Morgan fingerprint density at radius 3 is 2.39 bits per heavy atom. The summed E-state index contributed by atoms with van der Waals surface area (Å²) in [5.74, 6) is -2.03. The fourth-order valence-corrected chi connectivity index (χ4v) is 2.00. The van der Waals surface area contributed by atoms with Gasteiger partial charge >= 0.3 is 11.9 Å². The zero-order chi connectivity index (χ0) is 13.9. The Bertz CT molecular complexity index is 482. The van der Waals surface area contributed by atoms with E-state index in [1.165, 1.54) is 0 Å². The van der Waals surface area contributed by atoms with Gasteiger partial charge in [-0.3, -0.25) is 9.59 Å². The molecule has 0 aliphatic carbocycles. The van der Waals surface area contributed by atoms with E-state index in [1.54, 1.807) is 6.07 Å². The minimum absolute atomic E-state index is 0.117. The monoisotopic (exact) mass is 251 g/mol. The van der Waals surface area contributed by atoms with Gasteiger partial charge in [-0.05, 0) is 37.0 Å². The number of nitrogens with two attached hydrogens (primary N) is 1. The van der Waals surface area contributed by atoms with Crippen molar-refractivity contribution in [3.05, 3.63) is 34.4 Å². The summed E-state index contributed by atoms with van der Waals surface area (Å²) in [7, 11) is 0. The summed E-state index contributed by atoms with van der Waals surface area (Å²) in [6, 6.07) is 2.67. The van der Waals surface area contributed by atoms with Crippen LogP contribution in [0, 0.1) is 13.8 Å². The number of carboxylic acid groups (broad SMARTS) is 2. The van der Waals surface area contributed by atoms with E-state index in [1.807, 2.05) is 19.9 Å². The van der Waals surface area contributed by atoms with Crippen LogP contribution >= 0.6 is 0 Å². The zero-order valence-corrected chi connectivity index (χ0v) is 10.4. The van der Waals surface area contributed by atoms with Crippen LogP contribution in [0.15, 0.2) is 12.1 Å². The Labute approximate surface area is 105 Å². The highest BCUT2D eigenvalue weighted by atomic mass is 16.4. The quantitative estimate of drug-likeness (QED) is 0.721. The number of hydrogen-bond donors (Lipinski definition) is 3. The molecule has 5 nitrogen and oxygen atoms in total. The molecule has 0 saturated carbocycles. The summed E-state index contributed by atoms with van der Waals surface area (Å²) in [4.78, 5) is 21.6. The zero-order valence-electron chi connectivity index (χ0n) is 10.4. The Morgan fingerprint density at radius 2 is 1.89 bits per heavy atom. The molecule has 0 aliphatic rings. The lowest BCUT2D eigenvalue weighted by molar-refractivity contribution is -0.138. The van der Waals surface area contributed by atoms with Gasteiger partial charge in [0.15, 0.2) is 0 Å². The number of benzene rings is 1. The maximum absolute atomic E-state index is 10.8. The molecule has 1 rings (SSSR count). The Morgan fingerprint density at radius 1 is 1.28 bits per heavy atom. The second-order valence-electron chi connectivity index (χ2n) is 4.44. The first-order valence-electron chi connectivity index (χ1n) is 5.60. The average Bonchev–Trinajstić information content (AvgIpc) is 2.22. The third kappa shape index (κ3) is 3.56. The van der Waals surface area contributed by atoms with Crippen molar-refractivity contribution in [1.82, 2.24) is 0 Å². The Balaban J connectivity index is 3.14. The molecule has 0 aromatic heterocycles. The highest BCUT2D eigenvalue weighted by Crippen LogP contribution is 2.19. The molecule has 18 heavy (non-hydrogen) atoms. The van der Waals surface area contributed by atoms with Gasteiger partial charge in [-0.2, -0.15) is 0 Å². The topological polar surface area (TPSA) is 101 Å². The van der Waals surface area contributed by atoms with Crippen LogP contribution in [0.3, 0.4) is 0 Å². The van der Waals surface area contributed by atoms with E-state index < -0.39 is 18.0 Å². The molecule has 1 aromatic carbocycles. The predicted molar refractivity (Wildman–Crippen MR) is 66.6 cm³/mol. The molecule has 98 valence electrons. The van der Waals surface area contributed by atoms with Crippen LogP contribution in [0.25, 0.3) is 0 Å². The minimum Gasteiger partial charge on any atom is -0.481 e. The van der Waals surface area contributed by atoms with Gasteiger partial charge in [0, 0.05) is 0 Å². The molecule has 0 spiro atoms. The van der Waals surface area contributed by atoms with Gasteiger partial charge < -0.3 is 15.9 Å². The van der Waals surface area contributed by atoms with Crippen LogP contribution in [0.1, 0.15) is 22.3 Å². The molecular formula is C13H17NO4. The number of carbonyl (C=O) groups is 2. The second kappa shape index (κ2) is 5.64. The summed E-state index contributed by atoms with van der Waals surface area (Å²) in [6.45, 7) is 3.70. The van der Waals surface area contributed by atoms with Crippen LogP contribution in [0.4, 0.5) is 0 Å². The first kappa shape index (κ1) is 14.2. The van der Waals surface area contributed by atoms with Crippen LogP contribution in [-0.2, 0) is 22.4 Å². The molecular weight excluding hydrogens is 234 g/mol. The standard InChI is InChI=1S/C13H17NO4/c1-7-3-8(2)10(6-12(15)16)9(4-7)5-11(14)13(17)18/h3-4,11H,5-6,14H2,1-2H3,(H,15,16)(H,17,18). The van der Waals surface area contributed by atoms with E-state index in [2.05, 4.69) is 0 Å². The van der Waals surface area contributed by atoms with Gasteiger partial charge in [-0.25, -0.2) is 0 Å². The van der Waals surface area contributed by atoms with Crippen molar-refractivity contribution >= 4 is 11.9 Å². The van der Waals surface area contributed by atoms with Crippen molar-refractivity contribution in [2.45, 2.75) is 32.7 Å². The largest absolute Gasteiger partial charge is 0.481 e. The van der Waals surface area contributed by atoms with Crippen molar-refractivity contribution in [2.24, 2.45) is 5.73 Å². The van der Waals surface area contributed by atoms with E-state index in [4.69, 9.17) is 15.9 Å². The number of rotatable bonds is 5. The lowest BCUT2D eigenvalue weighted by Gasteiger charge is -2.14. The molecule has 0 heterocycles. The van der Waals surface area contributed by atoms with Crippen LogP contribution in [-0.4, -0.2) is 28.2 Å². The molecule has 1 atom stereocenters. The van der Waals surface area contributed by atoms with Crippen LogP contribution < -0.4 is 5.73 Å². The lowest BCUT2D eigenvalue weighted by Crippen LogP contribution is -2.32. The summed E-state index contributed by atoms with van der Waals surface area (Å²) in [5.41, 5.74) is 8.68. The molecule has 0 radical (unpaired) electrons. The average molecular weight is 251 g/mol. The predicted octanol–water partition coefficient (Wildman–Crippen LogP) is 0.885. The van der Waals surface area contributed by atoms with E-state index >= 15 is 0 Å². The molecule has 0 aliphatic heterocycles. The number of aliphatic carboxylic acids is 2. The van der Waals surface area contributed by atoms with Crippen molar-refractivity contribution in [2.75, 3.05) is 0 Å². The van der Waals surface area contributed by atoms with Gasteiger partial charge in [0.25, 0.3) is 0 Å². The van der Waals surface area contributed by atoms with Crippen molar-refractivity contribution in [3.8, 4) is 0 Å². The van der Waals surface area contributed by atoms with Gasteiger partial charge in [-0.15, -0.1) is 0 Å². The molecule has 1 aromatic rings. The van der Waals surface area contributed by atoms with E-state index in [0.29, 0.717) is 11.1 Å². The van der Waals surface area contributed by atoms with Crippen molar-refractivity contribution < 1.29 is 19.8 Å². The Hall–Kier alpha value is -1.88. The Kier molecular flexibility index (Phi) is 4.44. The van der Waals surface area contributed by atoms with E-state index in [-0.39, 0.29) is 12.8 Å². The number of hydrogen-bond acceptors (Lipinski definition) is 3. The van der Waals surface area contributed by atoms with Gasteiger partial charge in [0.1, 0.15) is 6.04 Å². The van der Waals surface area contributed by atoms with Crippen LogP contribution in [0.2, 0.25) is 0 Å². The van der Waals surface area contributed by atoms with E-state index in [9.17, 15) is 9.59 Å². The summed E-state index contributed by atoms with van der Waals surface area (Å²) >= 11 is 0. The van der Waals surface area contributed by atoms with Crippen LogP contribution in [0.5, 0.6) is 0 Å². The highest BCUT2D eigenvalue weighted by Gasteiger charge is 2.17. The third-order valence-electron chi connectivity index (χ3n) is 2.79. The van der Waals surface area contributed by atoms with Gasteiger partial charge in [0.2, 0.25) is 0 Å². The van der Waals surface area contributed by atoms with Gasteiger partial charge in [0.05, 0.1) is 6.42 Å². The molecule has 0 saturated heterocycles.